The summed E-state index contributed by atoms with van der Waals surface area (Å²) in [5, 5.41) is 12.0. The summed E-state index contributed by atoms with van der Waals surface area (Å²) in [6.07, 6.45) is -7.39. The van der Waals surface area contributed by atoms with Gasteiger partial charge in [0.2, 0.25) is 0 Å². The van der Waals surface area contributed by atoms with E-state index < -0.39 is 48.1 Å². The zero-order chi connectivity index (χ0) is 20.5. The first kappa shape index (κ1) is 9.64. The Bertz CT molecular complexity index is 939. The molecule has 1 aromatic carbocycles. The topological polar surface area (TPSA) is 59.0 Å². The maximum Gasteiger partial charge on any atom is 0.174 e. The number of nitrogens with zero attached hydrogens (tertiary/aromatic N) is 1. The van der Waals surface area contributed by atoms with Crippen LogP contribution in [0.2, 0.25) is 0 Å². The minimum Gasteiger partial charge on any atom is -0.493 e. The summed E-state index contributed by atoms with van der Waals surface area (Å²) < 4.78 is 54.4. The average molecular weight is 320 g/mol. The lowest BCUT2D eigenvalue weighted by atomic mass is 9.49. The van der Waals surface area contributed by atoms with Crippen LogP contribution in [0.1, 0.15) is 37.2 Å². The SMILES string of the molecule is [2H]C1([2H])C[C@@]2(O)[C@@H]3N(C)CC[C@@]24c2c(ccc(OC)c2OC4([2H])C1=O)C3([2H])[2H]. The van der Waals surface area contributed by atoms with E-state index in [2.05, 4.69) is 0 Å². The highest BCUT2D eigenvalue weighted by molar-refractivity contribution is 5.90. The molecule has 5 heteroatoms. The van der Waals surface area contributed by atoms with E-state index in [0.29, 0.717) is 6.54 Å². The van der Waals surface area contributed by atoms with Crippen molar-refractivity contribution in [2.75, 3.05) is 20.7 Å². The zero-order valence-electron chi connectivity index (χ0n) is 18.0. The molecule has 1 spiro atoms. The monoisotopic (exact) mass is 320 g/mol. The van der Waals surface area contributed by atoms with E-state index in [0.717, 1.165) is 0 Å². The highest BCUT2D eigenvalue weighted by Crippen LogP contribution is 2.64. The van der Waals surface area contributed by atoms with E-state index >= 15 is 0 Å². The molecule has 5 nitrogen and oxygen atoms in total. The van der Waals surface area contributed by atoms with Crippen LogP contribution >= 0.6 is 0 Å². The molecule has 1 saturated heterocycles. The Labute approximate surface area is 142 Å². The van der Waals surface area contributed by atoms with Gasteiger partial charge in [-0.25, -0.2) is 0 Å². The molecule has 5 rings (SSSR count). The molecule has 2 heterocycles. The van der Waals surface area contributed by atoms with Crippen LogP contribution in [-0.4, -0.2) is 54.2 Å². The maximum atomic E-state index is 13.1. The molecule has 1 saturated carbocycles. The molecule has 122 valence electrons. The zero-order valence-corrected chi connectivity index (χ0v) is 13.0. The lowest BCUT2D eigenvalue weighted by Crippen LogP contribution is -2.76. The van der Waals surface area contributed by atoms with Crippen LogP contribution in [0.4, 0.5) is 0 Å². The van der Waals surface area contributed by atoms with Gasteiger partial charge < -0.3 is 19.5 Å². The second-order valence-electron chi connectivity index (χ2n) is 6.74. The van der Waals surface area contributed by atoms with Gasteiger partial charge in [0.1, 0.15) is 0 Å². The molecule has 1 N–H and O–H groups in total. The first-order valence-corrected chi connectivity index (χ1v) is 7.77. The molecule has 2 fully saturated rings. The van der Waals surface area contributed by atoms with E-state index in [1.807, 2.05) is 0 Å². The van der Waals surface area contributed by atoms with Crippen LogP contribution in [0, 0.1) is 0 Å². The summed E-state index contributed by atoms with van der Waals surface area (Å²) in [4.78, 5) is 14.8. The lowest BCUT2D eigenvalue weighted by Gasteiger charge is -2.62. The average Bonchev–Trinajstić information content (AvgIpc) is 2.86. The number of ether oxygens (including phenoxy) is 2. The third kappa shape index (κ3) is 1.32. The predicted molar refractivity (Wildman–Crippen MR) is 83.0 cm³/mol. The summed E-state index contributed by atoms with van der Waals surface area (Å²) in [5.74, 6) is -0.746. The maximum absolute atomic E-state index is 13.1. The van der Waals surface area contributed by atoms with Crippen molar-refractivity contribution in [2.24, 2.45) is 0 Å². The molecule has 2 bridgehead atoms. The Morgan fingerprint density at radius 3 is 3.13 bits per heavy atom. The molecular formula is C18H21NO4. The molecule has 2 aliphatic heterocycles. The number of Topliss-reactive ketones (excluding diaryl/α,β-unsaturated/α-hetero) is 1. The number of likely N-dealkylation sites (tertiary alicyclic amines) is 1. The molecule has 1 aromatic rings. The van der Waals surface area contributed by atoms with Crippen LogP contribution in [0.15, 0.2) is 12.1 Å². The molecule has 23 heavy (non-hydrogen) atoms. The van der Waals surface area contributed by atoms with E-state index in [1.54, 1.807) is 18.0 Å². The Morgan fingerprint density at radius 1 is 1.52 bits per heavy atom. The molecule has 4 atom stereocenters. The third-order valence-electron chi connectivity index (χ3n) is 5.85. The van der Waals surface area contributed by atoms with Gasteiger partial charge in [0, 0.05) is 23.5 Å². The van der Waals surface area contributed by atoms with Crippen molar-refractivity contribution in [3.8, 4) is 11.5 Å². The van der Waals surface area contributed by atoms with Crippen molar-refractivity contribution in [3.63, 3.8) is 0 Å². The summed E-state index contributed by atoms with van der Waals surface area (Å²) in [7, 11) is 3.08. The number of rotatable bonds is 1. The molecule has 0 radical (unpaired) electrons. The minimum atomic E-state index is -2.53. The van der Waals surface area contributed by atoms with E-state index in [9.17, 15) is 9.90 Å². The van der Waals surface area contributed by atoms with Gasteiger partial charge >= 0.3 is 0 Å². The number of hydrogen-bond acceptors (Lipinski definition) is 5. The van der Waals surface area contributed by atoms with Crippen molar-refractivity contribution in [1.82, 2.24) is 4.90 Å². The molecule has 0 aromatic heterocycles. The summed E-state index contributed by atoms with van der Waals surface area (Å²) in [5.41, 5.74) is -3.03. The summed E-state index contributed by atoms with van der Waals surface area (Å²) in [6, 6.07) is 1.97. The lowest BCUT2D eigenvalue weighted by molar-refractivity contribution is -0.185. The number of carbonyl (C=O) groups is 1. The molecule has 1 unspecified atom stereocenters. The van der Waals surface area contributed by atoms with Gasteiger partial charge in [0.25, 0.3) is 0 Å². The highest BCUT2D eigenvalue weighted by Gasteiger charge is 2.72. The number of hydrogen-bond donors (Lipinski definition) is 1. The summed E-state index contributed by atoms with van der Waals surface area (Å²) >= 11 is 0. The Kier molecular flexibility index (Phi) is 1.71. The number of aliphatic hydroxyl groups is 1. The number of carbonyl (C=O) groups excluding carboxylic acids is 1. The van der Waals surface area contributed by atoms with Crippen molar-refractivity contribution in [2.45, 2.75) is 48.7 Å². The van der Waals surface area contributed by atoms with Crippen molar-refractivity contribution >= 4 is 5.78 Å². The quantitative estimate of drug-likeness (QED) is 0.838. The largest absolute Gasteiger partial charge is 0.493 e. The fourth-order valence-electron chi connectivity index (χ4n) is 4.77. The standard InChI is InChI=1S/C18H21NO4/c1-19-8-7-17-14-10-3-4-12(22-2)15(14)23-16(17)11(20)5-6-18(17,21)13(19)9-10/h3-4,13,16,21H,5-9H2,1-2H3/t13-,16?,17+,18-/m1/s1/i5D2,9D2,16D. The van der Waals surface area contributed by atoms with Gasteiger partial charge in [0.15, 0.2) is 23.4 Å². The molecule has 2 aliphatic carbocycles. The van der Waals surface area contributed by atoms with E-state index in [4.69, 9.17) is 16.3 Å². The van der Waals surface area contributed by atoms with Gasteiger partial charge in [0.05, 0.1) is 19.5 Å². The molecule has 4 aliphatic rings. The number of ketones is 1. The normalized spacial score (nSPS) is 51.3. The van der Waals surface area contributed by atoms with E-state index in [-0.39, 0.29) is 29.0 Å². The second-order valence-corrected chi connectivity index (χ2v) is 6.74. The first-order chi connectivity index (χ1) is 12.9. The summed E-state index contributed by atoms with van der Waals surface area (Å²) in [6.45, 7) is 0.336. The van der Waals surface area contributed by atoms with Gasteiger partial charge in [-0.2, -0.15) is 0 Å². The Balaban J connectivity index is 1.97. The number of piperidine rings is 1. The van der Waals surface area contributed by atoms with Crippen molar-refractivity contribution < 1.29 is 26.2 Å². The van der Waals surface area contributed by atoms with Crippen molar-refractivity contribution in [3.05, 3.63) is 23.3 Å². The fourth-order valence-corrected chi connectivity index (χ4v) is 4.77. The number of methoxy groups -OCH3 is 1. The Hall–Kier alpha value is -1.59. The highest BCUT2D eigenvalue weighted by atomic mass is 16.5. The van der Waals surface area contributed by atoms with Gasteiger partial charge in [-0.1, -0.05) is 6.07 Å². The van der Waals surface area contributed by atoms with E-state index in [1.165, 1.54) is 13.2 Å². The third-order valence-corrected chi connectivity index (χ3v) is 5.85. The minimum absolute atomic E-state index is 0.0614. The molecule has 0 amide bonds. The first-order valence-electron chi connectivity index (χ1n) is 10.3. The van der Waals surface area contributed by atoms with Crippen molar-refractivity contribution in [1.29, 1.82) is 0 Å². The predicted octanol–water partition coefficient (Wildman–Crippen LogP) is 1.05. The van der Waals surface area contributed by atoms with Crippen LogP contribution < -0.4 is 9.47 Å². The van der Waals surface area contributed by atoms with Crippen LogP contribution in [-0.2, 0) is 16.6 Å². The Morgan fingerprint density at radius 2 is 2.35 bits per heavy atom. The van der Waals surface area contributed by atoms with Gasteiger partial charge in [-0.05, 0) is 44.4 Å². The van der Waals surface area contributed by atoms with Gasteiger partial charge in [-0.15, -0.1) is 0 Å². The van der Waals surface area contributed by atoms with Crippen LogP contribution in [0.5, 0.6) is 11.5 Å². The van der Waals surface area contributed by atoms with Crippen LogP contribution in [0.25, 0.3) is 0 Å². The second kappa shape index (κ2) is 4.08. The number of benzene rings is 1. The molecular weight excluding hydrogens is 294 g/mol. The fraction of sp³-hybridized carbons (Fsp3) is 0.611. The smallest absolute Gasteiger partial charge is 0.174 e. The number of likely N-dealkylation sites (N-methyl/N-ethyl adjacent to an activating group) is 1. The van der Waals surface area contributed by atoms with Gasteiger partial charge in [-0.3, -0.25) is 4.79 Å². The van der Waals surface area contributed by atoms with Crippen LogP contribution in [0.3, 0.4) is 0 Å².